The summed E-state index contributed by atoms with van der Waals surface area (Å²) in [7, 11) is 4.18. The Balaban J connectivity index is 1.53. The van der Waals surface area contributed by atoms with Gasteiger partial charge in [0.15, 0.2) is 0 Å². The van der Waals surface area contributed by atoms with Crippen LogP contribution in [0.1, 0.15) is 63.4 Å². The maximum Gasteiger partial charge on any atom is 0.117 e. The highest BCUT2D eigenvalue weighted by Gasteiger charge is 2.58. The zero-order valence-electron chi connectivity index (χ0n) is 17.2. The number of aliphatic hydroxyl groups is 1. The molecule has 2 aliphatic carbocycles. The van der Waals surface area contributed by atoms with Gasteiger partial charge in [-0.2, -0.15) is 0 Å². The summed E-state index contributed by atoms with van der Waals surface area (Å²) in [5.74, 6) is 0.772. The third-order valence-electron chi connectivity index (χ3n) is 7.02. The fourth-order valence-electron chi connectivity index (χ4n) is 5.09. The second-order valence-corrected chi connectivity index (χ2v) is 9.04. The Morgan fingerprint density at radius 3 is 2.70 bits per heavy atom. The fraction of sp³-hybridized carbons (Fsp3) is 0.696. The molecule has 2 saturated carbocycles. The summed E-state index contributed by atoms with van der Waals surface area (Å²) in [6.45, 7) is 4.02. The molecule has 0 bridgehead atoms. The average molecular weight is 373 g/mol. The zero-order valence-corrected chi connectivity index (χ0v) is 17.2. The van der Waals surface area contributed by atoms with Crippen LogP contribution in [-0.4, -0.2) is 49.1 Å². The van der Waals surface area contributed by atoms with Gasteiger partial charge in [0.25, 0.3) is 0 Å². The fourth-order valence-corrected chi connectivity index (χ4v) is 5.09. The number of oxime groups is 1. The number of hydrogen-bond acceptors (Lipinski definition) is 4. The summed E-state index contributed by atoms with van der Waals surface area (Å²) >= 11 is 0. The standard InChI is InChI=1S/C23H36N2O2/c1-22-13-11-20(19-9-5-4-6-10-19)17-23(22,26)14-12-21(22)18-24-27-16-8-7-15-25(2)3/h4-6,9-10,18,20-21,26H,7-8,11-17H2,1-3H3/t20-,21+,22+,23-/m0/s1. The molecule has 0 unspecified atom stereocenters. The Morgan fingerprint density at radius 2 is 1.96 bits per heavy atom. The molecule has 1 aromatic rings. The van der Waals surface area contributed by atoms with Gasteiger partial charge in [0.05, 0.1) is 5.60 Å². The van der Waals surface area contributed by atoms with Gasteiger partial charge < -0.3 is 14.8 Å². The van der Waals surface area contributed by atoms with E-state index in [2.05, 4.69) is 61.4 Å². The molecule has 0 saturated heterocycles. The highest BCUT2D eigenvalue weighted by molar-refractivity contribution is 5.62. The summed E-state index contributed by atoms with van der Waals surface area (Å²) in [6, 6.07) is 10.7. The van der Waals surface area contributed by atoms with E-state index < -0.39 is 5.60 Å². The number of rotatable bonds is 8. The first-order chi connectivity index (χ1) is 12.9. The van der Waals surface area contributed by atoms with Gasteiger partial charge in [-0.05, 0) is 77.1 Å². The molecule has 1 aromatic carbocycles. The van der Waals surface area contributed by atoms with Gasteiger partial charge in [0.1, 0.15) is 6.61 Å². The lowest BCUT2D eigenvalue weighted by Crippen LogP contribution is -2.49. The monoisotopic (exact) mass is 372 g/mol. The molecule has 150 valence electrons. The van der Waals surface area contributed by atoms with Gasteiger partial charge in [-0.1, -0.05) is 42.4 Å². The molecule has 27 heavy (non-hydrogen) atoms. The molecule has 3 rings (SSSR count). The number of nitrogens with zero attached hydrogens (tertiary/aromatic N) is 2. The highest BCUT2D eigenvalue weighted by Crippen LogP contribution is 2.60. The molecular formula is C23H36N2O2. The van der Waals surface area contributed by atoms with Crippen LogP contribution in [0.3, 0.4) is 0 Å². The van der Waals surface area contributed by atoms with E-state index in [1.807, 2.05) is 6.21 Å². The SMILES string of the molecule is CN(C)CCCCON=C[C@H]1CC[C@]2(O)C[C@@H](c3ccccc3)CC[C@]12C. The zero-order chi connectivity index (χ0) is 19.3. The Labute approximate surface area is 164 Å². The van der Waals surface area contributed by atoms with Gasteiger partial charge in [-0.15, -0.1) is 0 Å². The Bertz CT molecular complexity index is 618. The number of benzene rings is 1. The van der Waals surface area contributed by atoms with Gasteiger partial charge in [-0.3, -0.25) is 0 Å². The number of fused-ring (bicyclic) bond motifs is 1. The van der Waals surface area contributed by atoms with E-state index in [4.69, 9.17) is 4.84 Å². The minimum atomic E-state index is -0.589. The first kappa shape index (κ1) is 20.3. The van der Waals surface area contributed by atoms with Crippen molar-refractivity contribution < 1.29 is 9.94 Å². The van der Waals surface area contributed by atoms with Crippen molar-refractivity contribution in [1.82, 2.24) is 4.90 Å². The minimum absolute atomic E-state index is 0.0872. The van der Waals surface area contributed by atoms with Crippen molar-refractivity contribution in [1.29, 1.82) is 0 Å². The van der Waals surface area contributed by atoms with Crippen molar-refractivity contribution in [2.75, 3.05) is 27.2 Å². The summed E-state index contributed by atoms with van der Waals surface area (Å²) in [6.07, 6.45) is 9.05. The van der Waals surface area contributed by atoms with Crippen LogP contribution in [0.5, 0.6) is 0 Å². The van der Waals surface area contributed by atoms with Crippen LogP contribution in [0.15, 0.2) is 35.5 Å². The molecule has 0 spiro atoms. The lowest BCUT2D eigenvalue weighted by Gasteiger charge is -2.48. The van der Waals surface area contributed by atoms with E-state index in [1.165, 1.54) is 5.56 Å². The molecule has 0 aliphatic heterocycles. The minimum Gasteiger partial charge on any atom is -0.396 e. The maximum atomic E-state index is 11.5. The topological polar surface area (TPSA) is 45.1 Å². The third kappa shape index (κ3) is 4.55. The van der Waals surface area contributed by atoms with Gasteiger partial charge >= 0.3 is 0 Å². The third-order valence-corrected chi connectivity index (χ3v) is 7.02. The first-order valence-corrected chi connectivity index (χ1v) is 10.5. The molecule has 2 aliphatic rings. The number of unbranched alkanes of at least 4 members (excludes halogenated alkanes) is 1. The van der Waals surface area contributed by atoms with Crippen molar-refractivity contribution in [3.05, 3.63) is 35.9 Å². The van der Waals surface area contributed by atoms with Crippen LogP contribution < -0.4 is 0 Å². The van der Waals surface area contributed by atoms with Crippen LogP contribution in [-0.2, 0) is 4.84 Å². The predicted octanol–water partition coefficient (Wildman–Crippen LogP) is 4.45. The Hall–Kier alpha value is -1.39. The van der Waals surface area contributed by atoms with E-state index in [0.717, 1.165) is 51.5 Å². The molecule has 4 atom stereocenters. The van der Waals surface area contributed by atoms with Gasteiger partial charge in [-0.25, -0.2) is 0 Å². The molecule has 4 heteroatoms. The summed E-state index contributed by atoms with van der Waals surface area (Å²) in [5, 5.41) is 15.8. The van der Waals surface area contributed by atoms with E-state index in [-0.39, 0.29) is 5.41 Å². The first-order valence-electron chi connectivity index (χ1n) is 10.5. The average Bonchev–Trinajstić information content (AvgIpc) is 2.92. The predicted molar refractivity (Wildman–Crippen MR) is 111 cm³/mol. The van der Waals surface area contributed by atoms with Crippen LogP contribution in [0, 0.1) is 11.3 Å². The summed E-state index contributed by atoms with van der Waals surface area (Å²) in [5.41, 5.74) is 0.690. The lowest BCUT2D eigenvalue weighted by atomic mass is 9.59. The molecule has 4 nitrogen and oxygen atoms in total. The molecule has 1 N–H and O–H groups in total. The molecule has 0 amide bonds. The molecule has 0 heterocycles. The highest BCUT2D eigenvalue weighted by atomic mass is 16.6. The smallest absolute Gasteiger partial charge is 0.117 e. The Morgan fingerprint density at radius 1 is 1.19 bits per heavy atom. The summed E-state index contributed by atoms with van der Waals surface area (Å²) < 4.78 is 0. The lowest BCUT2D eigenvalue weighted by molar-refractivity contribution is -0.0959. The van der Waals surface area contributed by atoms with Gasteiger partial charge in [0.2, 0.25) is 0 Å². The summed E-state index contributed by atoms with van der Waals surface area (Å²) in [4.78, 5) is 7.68. The molecular weight excluding hydrogens is 336 g/mol. The van der Waals surface area contributed by atoms with Crippen molar-refractivity contribution in [2.24, 2.45) is 16.5 Å². The van der Waals surface area contributed by atoms with Crippen molar-refractivity contribution in [3.63, 3.8) is 0 Å². The maximum absolute atomic E-state index is 11.5. The van der Waals surface area contributed by atoms with Crippen molar-refractivity contribution in [2.45, 2.75) is 63.4 Å². The van der Waals surface area contributed by atoms with Crippen LogP contribution in [0.2, 0.25) is 0 Å². The van der Waals surface area contributed by atoms with Crippen molar-refractivity contribution >= 4 is 6.21 Å². The van der Waals surface area contributed by atoms with E-state index in [0.29, 0.717) is 18.4 Å². The second-order valence-electron chi connectivity index (χ2n) is 9.04. The van der Waals surface area contributed by atoms with Gasteiger partial charge in [0, 0.05) is 17.5 Å². The second kappa shape index (κ2) is 8.74. The largest absolute Gasteiger partial charge is 0.396 e. The van der Waals surface area contributed by atoms with Crippen LogP contribution in [0.4, 0.5) is 0 Å². The Kier molecular flexibility index (Phi) is 6.59. The molecule has 0 aromatic heterocycles. The normalized spacial score (nSPS) is 33.5. The van der Waals surface area contributed by atoms with Crippen LogP contribution in [0.25, 0.3) is 0 Å². The number of hydrogen-bond donors (Lipinski definition) is 1. The quantitative estimate of drug-likeness (QED) is 0.417. The van der Waals surface area contributed by atoms with E-state index in [9.17, 15) is 5.11 Å². The molecule has 0 radical (unpaired) electrons. The van der Waals surface area contributed by atoms with Crippen molar-refractivity contribution in [3.8, 4) is 0 Å². The van der Waals surface area contributed by atoms with Crippen LogP contribution >= 0.6 is 0 Å². The molecule has 2 fully saturated rings. The van der Waals surface area contributed by atoms with E-state index in [1.54, 1.807) is 0 Å². The van der Waals surface area contributed by atoms with E-state index >= 15 is 0 Å².